The molecule has 0 unspecified atom stereocenters. The zero-order valence-electron chi connectivity index (χ0n) is 13.0. The van der Waals surface area contributed by atoms with Gasteiger partial charge in [0, 0.05) is 33.2 Å². The van der Waals surface area contributed by atoms with Crippen molar-refractivity contribution in [2.24, 2.45) is 0 Å². The standard InChI is InChI=1S/C18H12Br2FNO2S/c1-25(23,24)18-3-2-11(8-17(18)21)16-10-22-5-4-15(16)12-6-13(19)9-14(20)7-12/h2-10H,1H3. The number of hydrogen-bond acceptors (Lipinski definition) is 3. The summed E-state index contributed by atoms with van der Waals surface area (Å²) in [5.74, 6) is -0.773. The van der Waals surface area contributed by atoms with Gasteiger partial charge >= 0.3 is 0 Å². The highest BCUT2D eigenvalue weighted by atomic mass is 79.9. The van der Waals surface area contributed by atoms with E-state index in [4.69, 9.17) is 0 Å². The quantitative estimate of drug-likeness (QED) is 0.494. The Morgan fingerprint density at radius 3 is 2.20 bits per heavy atom. The Balaban J connectivity index is 2.18. The molecule has 0 atom stereocenters. The second kappa shape index (κ2) is 6.97. The van der Waals surface area contributed by atoms with Crippen molar-refractivity contribution in [2.75, 3.05) is 6.26 Å². The summed E-state index contributed by atoms with van der Waals surface area (Å²) in [6.07, 6.45) is 4.29. The van der Waals surface area contributed by atoms with Crippen LogP contribution in [0.4, 0.5) is 4.39 Å². The van der Waals surface area contributed by atoms with Crippen LogP contribution in [0.5, 0.6) is 0 Å². The van der Waals surface area contributed by atoms with E-state index in [1.165, 1.54) is 12.1 Å². The highest BCUT2D eigenvalue weighted by Gasteiger charge is 2.16. The molecule has 1 heterocycles. The summed E-state index contributed by atoms with van der Waals surface area (Å²) in [7, 11) is -3.61. The zero-order valence-corrected chi connectivity index (χ0v) is 17.0. The molecule has 3 nitrogen and oxygen atoms in total. The second-order valence-corrected chi connectivity index (χ2v) is 9.31. The number of rotatable bonds is 3. The third-order valence-electron chi connectivity index (χ3n) is 3.64. The minimum absolute atomic E-state index is 0.313. The number of aromatic nitrogens is 1. The summed E-state index contributed by atoms with van der Waals surface area (Å²) < 4.78 is 39.3. The van der Waals surface area contributed by atoms with Crippen molar-refractivity contribution in [1.82, 2.24) is 4.98 Å². The van der Waals surface area contributed by atoms with Crippen molar-refractivity contribution < 1.29 is 12.8 Å². The van der Waals surface area contributed by atoms with Crippen LogP contribution in [0.2, 0.25) is 0 Å². The van der Waals surface area contributed by atoms with E-state index in [1.54, 1.807) is 18.5 Å². The van der Waals surface area contributed by atoms with Gasteiger partial charge in [0.15, 0.2) is 9.84 Å². The minimum Gasteiger partial charge on any atom is -0.264 e. The van der Waals surface area contributed by atoms with Crippen LogP contribution in [-0.2, 0) is 9.84 Å². The van der Waals surface area contributed by atoms with E-state index < -0.39 is 15.7 Å². The third kappa shape index (κ3) is 3.99. The number of nitrogens with zero attached hydrogens (tertiary/aromatic N) is 1. The maximum absolute atomic E-state index is 14.3. The Kier molecular flexibility index (Phi) is 5.09. The molecule has 0 saturated carbocycles. The monoisotopic (exact) mass is 483 g/mol. The van der Waals surface area contributed by atoms with Gasteiger partial charge in [-0.15, -0.1) is 0 Å². The van der Waals surface area contributed by atoms with Crippen LogP contribution >= 0.6 is 31.9 Å². The number of benzene rings is 2. The van der Waals surface area contributed by atoms with Gasteiger partial charge in [0.25, 0.3) is 0 Å². The van der Waals surface area contributed by atoms with Crippen LogP contribution in [0.15, 0.2) is 68.7 Å². The fraction of sp³-hybridized carbons (Fsp3) is 0.0556. The second-order valence-electron chi connectivity index (χ2n) is 5.50. The first-order chi connectivity index (χ1) is 11.8. The summed E-state index contributed by atoms with van der Waals surface area (Å²) >= 11 is 6.92. The van der Waals surface area contributed by atoms with Crippen LogP contribution < -0.4 is 0 Å². The number of pyridine rings is 1. The average molecular weight is 485 g/mol. The number of hydrogen-bond donors (Lipinski definition) is 0. The molecule has 3 rings (SSSR count). The molecular weight excluding hydrogens is 473 g/mol. The summed E-state index contributed by atoms with van der Waals surface area (Å²) in [5, 5.41) is 0. The molecule has 0 fully saturated rings. The smallest absolute Gasteiger partial charge is 0.178 e. The third-order valence-corrected chi connectivity index (χ3v) is 5.68. The molecule has 0 aliphatic rings. The van der Waals surface area contributed by atoms with Crippen molar-refractivity contribution >= 4 is 41.7 Å². The van der Waals surface area contributed by atoms with Gasteiger partial charge in [0.05, 0.1) is 0 Å². The molecule has 3 aromatic rings. The highest BCUT2D eigenvalue weighted by molar-refractivity contribution is 9.11. The van der Waals surface area contributed by atoms with Gasteiger partial charge in [-0.2, -0.15) is 0 Å². The summed E-state index contributed by atoms with van der Waals surface area (Å²) in [6, 6.07) is 11.8. The Morgan fingerprint density at radius 1 is 0.920 bits per heavy atom. The van der Waals surface area contributed by atoms with Crippen LogP contribution in [0.25, 0.3) is 22.3 Å². The van der Waals surface area contributed by atoms with E-state index in [1.807, 2.05) is 24.3 Å². The first-order valence-electron chi connectivity index (χ1n) is 7.16. The Bertz CT molecular complexity index is 1050. The van der Waals surface area contributed by atoms with Gasteiger partial charge in [-0.1, -0.05) is 37.9 Å². The molecule has 0 aliphatic carbocycles. The molecule has 0 spiro atoms. The maximum Gasteiger partial charge on any atom is 0.178 e. The lowest BCUT2D eigenvalue weighted by molar-refractivity contribution is 0.571. The predicted octanol–water partition coefficient (Wildman–Crippen LogP) is 5.48. The largest absolute Gasteiger partial charge is 0.264 e. The van der Waals surface area contributed by atoms with E-state index in [0.29, 0.717) is 11.1 Å². The molecular formula is C18H12Br2FNO2S. The molecule has 0 N–H and O–H groups in total. The van der Waals surface area contributed by atoms with E-state index >= 15 is 0 Å². The first kappa shape index (κ1) is 18.2. The van der Waals surface area contributed by atoms with E-state index in [-0.39, 0.29) is 4.90 Å². The van der Waals surface area contributed by atoms with E-state index in [2.05, 4.69) is 36.8 Å². The summed E-state index contributed by atoms with van der Waals surface area (Å²) in [5.41, 5.74) is 3.06. The molecule has 25 heavy (non-hydrogen) atoms. The van der Waals surface area contributed by atoms with Crippen LogP contribution in [0.1, 0.15) is 0 Å². The molecule has 1 aromatic heterocycles. The van der Waals surface area contributed by atoms with Gasteiger partial charge in [0.1, 0.15) is 10.7 Å². The number of sulfone groups is 1. The van der Waals surface area contributed by atoms with Gasteiger partial charge < -0.3 is 0 Å². The van der Waals surface area contributed by atoms with Crippen LogP contribution in [0.3, 0.4) is 0 Å². The normalized spacial score (nSPS) is 11.5. The van der Waals surface area contributed by atoms with Crippen molar-refractivity contribution in [3.8, 4) is 22.3 Å². The lowest BCUT2D eigenvalue weighted by Crippen LogP contribution is -2.01. The molecule has 7 heteroatoms. The molecule has 0 aliphatic heterocycles. The summed E-state index contributed by atoms with van der Waals surface area (Å²) in [4.78, 5) is 3.82. The topological polar surface area (TPSA) is 47.0 Å². The Labute approximate surface area is 162 Å². The maximum atomic E-state index is 14.3. The zero-order chi connectivity index (χ0) is 18.2. The minimum atomic E-state index is -3.61. The molecule has 0 radical (unpaired) electrons. The molecule has 0 amide bonds. The molecule has 128 valence electrons. The van der Waals surface area contributed by atoms with Crippen molar-refractivity contribution in [2.45, 2.75) is 4.90 Å². The fourth-order valence-corrected chi connectivity index (χ4v) is 4.58. The predicted molar refractivity (Wildman–Crippen MR) is 104 cm³/mol. The molecule has 2 aromatic carbocycles. The van der Waals surface area contributed by atoms with Gasteiger partial charge in [-0.3, -0.25) is 4.98 Å². The SMILES string of the molecule is CS(=O)(=O)c1ccc(-c2cnccc2-c2cc(Br)cc(Br)c2)cc1F. The lowest BCUT2D eigenvalue weighted by Gasteiger charge is -2.11. The Morgan fingerprint density at radius 2 is 1.60 bits per heavy atom. The molecule has 0 saturated heterocycles. The van der Waals surface area contributed by atoms with Crippen molar-refractivity contribution in [3.05, 3.63) is 69.6 Å². The van der Waals surface area contributed by atoms with Crippen LogP contribution in [-0.4, -0.2) is 19.7 Å². The van der Waals surface area contributed by atoms with Crippen LogP contribution in [0, 0.1) is 5.82 Å². The molecule has 0 bridgehead atoms. The summed E-state index contributed by atoms with van der Waals surface area (Å²) in [6.45, 7) is 0. The fourth-order valence-electron chi connectivity index (χ4n) is 2.55. The van der Waals surface area contributed by atoms with Gasteiger partial charge in [-0.05, 0) is 53.1 Å². The van der Waals surface area contributed by atoms with E-state index in [0.717, 1.165) is 26.3 Å². The van der Waals surface area contributed by atoms with Gasteiger partial charge in [-0.25, -0.2) is 12.8 Å². The highest BCUT2D eigenvalue weighted by Crippen LogP contribution is 2.35. The van der Waals surface area contributed by atoms with Crippen molar-refractivity contribution in [3.63, 3.8) is 0 Å². The van der Waals surface area contributed by atoms with E-state index in [9.17, 15) is 12.8 Å². The average Bonchev–Trinajstić information content (AvgIpc) is 2.52. The van der Waals surface area contributed by atoms with Gasteiger partial charge in [0.2, 0.25) is 0 Å². The Hall–Kier alpha value is -1.57. The number of halogens is 3. The first-order valence-corrected chi connectivity index (χ1v) is 10.6. The van der Waals surface area contributed by atoms with Crippen molar-refractivity contribution in [1.29, 1.82) is 0 Å². The lowest BCUT2D eigenvalue weighted by atomic mass is 9.96.